The van der Waals surface area contributed by atoms with Gasteiger partial charge in [0.15, 0.2) is 0 Å². The van der Waals surface area contributed by atoms with Crippen LogP contribution in [0.3, 0.4) is 0 Å². The largest absolute Gasteiger partial charge is 0.274 e. The Balaban J connectivity index is 1.72. The summed E-state index contributed by atoms with van der Waals surface area (Å²) in [7, 11) is -3.39. The Bertz CT molecular complexity index is 722. The lowest BCUT2D eigenvalue weighted by molar-refractivity contribution is -0.364. The molecular formula is C16H20N3O2S+. The number of rotatable bonds is 3. The molecule has 22 heavy (non-hydrogen) atoms. The summed E-state index contributed by atoms with van der Waals surface area (Å²) in [6.07, 6.45) is 1.88. The van der Waals surface area contributed by atoms with Gasteiger partial charge in [0.05, 0.1) is 37.3 Å². The molecule has 0 radical (unpaired) electrons. The zero-order valence-electron chi connectivity index (χ0n) is 12.6. The first kappa shape index (κ1) is 15.0. The highest BCUT2D eigenvalue weighted by Crippen LogP contribution is 2.19. The number of pyridine rings is 1. The molecule has 0 atom stereocenters. The van der Waals surface area contributed by atoms with Gasteiger partial charge in [-0.1, -0.05) is 23.8 Å². The molecule has 1 N–H and O–H groups in total. The highest BCUT2D eigenvalue weighted by atomic mass is 32.2. The topological polar surface area (TPSA) is 54.8 Å². The van der Waals surface area contributed by atoms with E-state index in [0.29, 0.717) is 31.1 Å². The molecule has 2 aromatic rings. The van der Waals surface area contributed by atoms with E-state index >= 15 is 0 Å². The number of nitrogens with one attached hydrogen (secondary N) is 1. The van der Waals surface area contributed by atoms with Crippen molar-refractivity contribution in [2.45, 2.75) is 11.8 Å². The minimum Gasteiger partial charge on any atom is -0.259 e. The van der Waals surface area contributed by atoms with Crippen molar-refractivity contribution in [2.24, 2.45) is 0 Å². The van der Waals surface area contributed by atoms with Crippen LogP contribution >= 0.6 is 0 Å². The van der Waals surface area contributed by atoms with E-state index in [4.69, 9.17) is 0 Å². The number of benzene rings is 1. The Kier molecular flexibility index (Phi) is 4.13. The van der Waals surface area contributed by atoms with Crippen LogP contribution < -0.4 is 9.88 Å². The minimum atomic E-state index is -3.39. The van der Waals surface area contributed by atoms with Gasteiger partial charge in [0.25, 0.3) is 5.82 Å². The summed E-state index contributed by atoms with van der Waals surface area (Å²) in [5, 5.41) is 0. The molecule has 0 spiro atoms. The van der Waals surface area contributed by atoms with Crippen molar-refractivity contribution in [1.29, 1.82) is 0 Å². The number of hydrogen-bond donors (Lipinski definition) is 0. The van der Waals surface area contributed by atoms with E-state index in [1.807, 2.05) is 43.5 Å². The predicted octanol–water partition coefficient (Wildman–Crippen LogP) is 1.32. The molecule has 0 saturated carbocycles. The summed E-state index contributed by atoms with van der Waals surface area (Å²) < 4.78 is 26.8. The van der Waals surface area contributed by atoms with E-state index in [9.17, 15) is 8.42 Å². The fourth-order valence-electron chi connectivity index (χ4n) is 2.61. The van der Waals surface area contributed by atoms with E-state index in [1.165, 1.54) is 0 Å². The predicted molar refractivity (Wildman–Crippen MR) is 85.1 cm³/mol. The van der Waals surface area contributed by atoms with Gasteiger partial charge < -0.3 is 0 Å². The molecule has 1 aromatic heterocycles. The van der Waals surface area contributed by atoms with Crippen molar-refractivity contribution >= 4 is 15.8 Å². The van der Waals surface area contributed by atoms with Crippen LogP contribution in [0.25, 0.3) is 0 Å². The minimum absolute atomic E-state index is 0.373. The maximum absolute atomic E-state index is 12.6. The third-order valence-corrected chi connectivity index (χ3v) is 5.84. The number of sulfonamides is 1. The third kappa shape index (κ3) is 2.98. The number of nitrogens with zero attached hydrogens (tertiary/aromatic N) is 2. The SMILES string of the molecule is Cc1ccc(S(=O)(=O)N2CCN(c3cccc[nH+]3)CC2)cc1. The van der Waals surface area contributed by atoms with Gasteiger partial charge in [-0.2, -0.15) is 4.31 Å². The average Bonchev–Trinajstić information content (AvgIpc) is 2.56. The normalized spacial score (nSPS) is 16.7. The molecule has 5 nitrogen and oxygen atoms in total. The van der Waals surface area contributed by atoms with Gasteiger partial charge in [0.2, 0.25) is 10.0 Å². The van der Waals surface area contributed by atoms with E-state index in [2.05, 4.69) is 9.88 Å². The number of hydrogen-bond acceptors (Lipinski definition) is 3. The van der Waals surface area contributed by atoms with Crippen molar-refractivity contribution in [1.82, 2.24) is 4.31 Å². The molecule has 0 bridgehead atoms. The molecule has 1 aliphatic rings. The Hall–Kier alpha value is -1.92. The molecule has 0 unspecified atom stereocenters. The Labute approximate surface area is 131 Å². The van der Waals surface area contributed by atoms with Crippen LogP contribution in [0.1, 0.15) is 5.56 Å². The lowest BCUT2D eigenvalue weighted by Crippen LogP contribution is -2.49. The summed E-state index contributed by atoms with van der Waals surface area (Å²) in [5.41, 5.74) is 1.06. The number of aromatic amines is 1. The van der Waals surface area contributed by atoms with Crippen LogP contribution in [0.15, 0.2) is 53.6 Å². The van der Waals surface area contributed by atoms with Gasteiger partial charge >= 0.3 is 0 Å². The second-order valence-electron chi connectivity index (χ2n) is 5.45. The third-order valence-electron chi connectivity index (χ3n) is 3.93. The summed E-state index contributed by atoms with van der Waals surface area (Å²) in [4.78, 5) is 5.73. The van der Waals surface area contributed by atoms with Crippen molar-refractivity contribution in [3.63, 3.8) is 0 Å². The van der Waals surface area contributed by atoms with Crippen LogP contribution in [-0.4, -0.2) is 38.9 Å². The molecule has 0 amide bonds. The monoisotopic (exact) mass is 318 g/mol. The molecule has 116 valence electrons. The summed E-state index contributed by atoms with van der Waals surface area (Å²) in [6.45, 7) is 4.32. The van der Waals surface area contributed by atoms with Crippen LogP contribution in [0.4, 0.5) is 5.82 Å². The molecule has 0 aliphatic carbocycles. The quantitative estimate of drug-likeness (QED) is 0.858. The number of aromatic nitrogens is 1. The zero-order valence-corrected chi connectivity index (χ0v) is 13.4. The number of anilines is 1. The first-order chi connectivity index (χ1) is 10.6. The van der Waals surface area contributed by atoms with E-state index in [-0.39, 0.29) is 0 Å². The highest BCUT2D eigenvalue weighted by molar-refractivity contribution is 7.89. The maximum atomic E-state index is 12.6. The number of H-pyrrole nitrogens is 1. The first-order valence-electron chi connectivity index (χ1n) is 7.36. The lowest BCUT2D eigenvalue weighted by atomic mass is 10.2. The van der Waals surface area contributed by atoms with Crippen LogP contribution in [0, 0.1) is 6.92 Å². The standard InChI is InChI=1S/C16H19N3O2S/c1-14-5-7-15(8-6-14)22(20,21)19-12-10-18(11-13-19)16-4-2-3-9-17-16/h2-9H,10-13H2,1H3/p+1. The van der Waals surface area contributed by atoms with Crippen LogP contribution in [0.5, 0.6) is 0 Å². The van der Waals surface area contributed by atoms with Gasteiger partial charge in [-0.15, -0.1) is 0 Å². The summed E-state index contributed by atoms with van der Waals surface area (Å²) >= 11 is 0. The Morgan fingerprint density at radius 2 is 1.64 bits per heavy atom. The van der Waals surface area contributed by atoms with Gasteiger partial charge in [0.1, 0.15) is 0 Å². The fraction of sp³-hybridized carbons (Fsp3) is 0.312. The molecule has 1 saturated heterocycles. The van der Waals surface area contributed by atoms with Gasteiger partial charge in [-0.25, -0.2) is 13.4 Å². The molecule has 2 heterocycles. The van der Waals surface area contributed by atoms with Crippen molar-refractivity contribution in [3.8, 4) is 0 Å². The average molecular weight is 318 g/mol. The number of aryl methyl sites for hydroxylation is 1. The van der Waals surface area contributed by atoms with Gasteiger partial charge in [-0.3, -0.25) is 4.90 Å². The second-order valence-corrected chi connectivity index (χ2v) is 7.39. The molecule has 6 heteroatoms. The van der Waals surface area contributed by atoms with Crippen molar-refractivity contribution in [2.75, 3.05) is 31.1 Å². The van der Waals surface area contributed by atoms with E-state index in [0.717, 1.165) is 11.4 Å². The van der Waals surface area contributed by atoms with Crippen molar-refractivity contribution in [3.05, 3.63) is 54.2 Å². The molecule has 1 fully saturated rings. The Morgan fingerprint density at radius 1 is 0.955 bits per heavy atom. The van der Waals surface area contributed by atoms with Gasteiger partial charge in [0, 0.05) is 6.07 Å². The van der Waals surface area contributed by atoms with E-state index in [1.54, 1.807) is 16.4 Å². The molecule has 3 rings (SSSR count). The second kappa shape index (κ2) is 6.06. The van der Waals surface area contributed by atoms with E-state index < -0.39 is 10.0 Å². The summed E-state index contributed by atoms with van der Waals surface area (Å²) in [6, 6.07) is 12.9. The Morgan fingerprint density at radius 3 is 2.23 bits per heavy atom. The zero-order chi connectivity index (χ0) is 15.6. The highest BCUT2D eigenvalue weighted by Gasteiger charge is 2.31. The smallest absolute Gasteiger partial charge is 0.259 e. The fourth-order valence-corrected chi connectivity index (χ4v) is 4.03. The van der Waals surface area contributed by atoms with Crippen LogP contribution in [-0.2, 0) is 10.0 Å². The number of piperazine rings is 1. The maximum Gasteiger partial charge on any atom is 0.274 e. The molecule has 1 aliphatic heterocycles. The van der Waals surface area contributed by atoms with Crippen molar-refractivity contribution < 1.29 is 13.4 Å². The van der Waals surface area contributed by atoms with Crippen LogP contribution in [0.2, 0.25) is 0 Å². The summed E-state index contributed by atoms with van der Waals surface area (Å²) in [5.74, 6) is 1.02. The van der Waals surface area contributed by atoms with Gasteiger partial charge in [-0.05, 0) is 25.1 Å². The lowest BCUT2D eigenvalue weighted by Gasteiger charge is -2.30. The molecular weight excluding hydrogens is 298 g/mol. The molecule has 1 aromatic carbocycles. The first-order valence-corrected chi connectivity index (χ1v) is 8.80.